The number of ether oxygens (including phenoxy) is 1. The molecule has 3 heteroatoms. The molecular weight excluding hydrogens is 212 g/mol. The highest BCUT2D eigenvalue weighted by molar-refractivity contribution is 5.39. The highest BCUT2D eigenvalue weighted by atomic mass is 16.5. The van der Waals surface area contributed by atoms with E-state index < -0.39 is 0 Å². The molecule has 2 rings (SSSR count). The van der Waals surface area contributed by atoms with Crippen LogP contribution < -0.4 is 5.73 Å². The molecule has 1 atom stereocenters. The summed E-state index contributed by atoms with van der Waals surface area (Å²) in [6, 6.07) is 8.77. The van der Waals surface area contributed by atoms with E-state index in [0.717, 1.165) is 38.4 Å². The van der Waals surface area contributed by atoms with Crippen LogP contribution in [-0.4, -0.2) is 37.2 Å². The zero-order valence-electron chi connectivity index (χ0n) is 10.6. The third kappa shape index (κ3) is 3.72. The van der Waals surface area contributed by atoms with Crippen LogP contribution in [0, 0.1) is 0 Å². The molecule has 1 heterocycles. The highest BCUT2D eigenvalue weighted by Gasteiger charge is 2.17. The van der Waals surface area contributed by atoms with Gasteiger partial charge in [-0.3, -0.25) is 4.90 Å². The molecule has 1 aromatic carbocycles. The van der Waals surface area contributed by atoms with Crippen LogP contribution in [-0.2, 0) is 11.2 Å². The van der Waals surface area contributed by atoms with Crippen molar-refractivity contribution < 1.29 is 4.74 Å². The van der Waals surface area contributed by atoms with Crippen molar-refractivity contribution in [2.75, 3.05) is 32.0 Å². The van der Waals surface area contributed by atoms with Crippen molar-refractivity contribution in [3.05, 3.63) is 29.8 Å². The Hall–Kier alpha value is -1.06. The molecule has 1 unspecified atom stereocenters. The van der Waals surface area contributed by atoms with Gasteiger partial charge in [-0.2, -0.15) is 0 Å². The Balaban J connectivity index is 1.73. The van der Waals surface area contributed by atoms with Crippen LogP contribution in [0.4, 0.5) is 5.69 Å². The van der Waals surface area contributed by atoms with Gasteiger partial charge in [0.2, 0.25) is 0 Å². The lowest BCUT2D eigenvalue weighted by atomic mass is 10.1. The molecule has 0 spiro atoms. The lowest BCUT2D eigenvalue weighted by molar-refractivity contribution is -0.000601. The fourth-order valence-electron chi connectivity index (χ4n) is 2.26. The Labute approximate surface area is 104 Å². The number of anilines is 1. The van der Waals surface area contributed by atoms with Crippen molar-refractivity contribution in [3.8, 4) is 0 Å². The first-order valence-corrected chi connectivity index (χ1v) is 6.42. The van der Waals surface area contributed by atoms with Crippen molar-refractivity contribution in [2.24, 2.45) is 0 Å². The number of nitrogens with two attached hydrogens (primary N) is 1. The van der Waals surface area contributed by atoms with E-state index in [4.69, 9.17) is 10.5 Å². The van der Waals surface area contributed by atoms with E-state index in [2.05, 4.69) is 24.0 Å². The molecule has 1 fully saturated rings. The maximum atomic E-state index is 5.67. The number of morpholine rings is 1. The average molecular weight is 234 g/mol. The first-order chi connectivity index (χ1) is 8.25. The molecule has 1 aliphatic rings. The Morgan fingerprint density at radius 3 is 2.82 bits per heavy atom. The van der Waals surface area contributed by atoms with Crippen LogP contribution in [0.5, 0.6) is 0 Å². The summed E-state index contributed by atoms with van der Waals surface area (Å²) in [5.74, 6) is 0. The third-order valence-electron chi connectivity index (χ3n) is 3.40. The first kappa shape index (κ1) is 12.4. The second kappa shape index (κ2) is 6.03. The van der Waals surface area contributed by atoms with E-state index in [9.17, 15) is 0 Å². The predicted octanol–water partition coefficient (Wildman–Crippen LogP) is 1.92. The van der Waals surface area contributed by atoms with Gasteiger partial charge in [0, 0.05) is 18.3 Å². The van der Waals surface area contributed by atoms with Crippen molar-refractivity contribution in [1.82, 2.24) is 4.90 Å². The fraction of sp³-hybridized carbons (Fsp3) is 0.571. The van der Waals surface area contributed by atoms with Crippen LogP contribution in [0.15, 0.2) is 24.3 Å². The van der Waals surface area contributed by atoms with E-state index in [1.165, 1.54) is 12.0 Å². The topological polar surface area (TPSA) is 38.5 Å². The van der Waals surface area contributed by atoms with Crippen molar-refractivity contribution in [2.45, 2.75) is 25.8 Å². The minimum atomic E-state index is 0.565. The summed E-state index contributed by atoms with van der Waals surface area (Å²) in [6.07, 6.45) is 2.33. The normalized spacial score (nSPS) is 21.6. The molecular formula is C14H22N2O. The Morgan fingerprint density at radius 2 is 2.12 bits per heavy atom. The number of nitrogens with zero attached hydrogens (tertiary/aromatic N) is 1. The summed E-state index contributed by atoms with van der Waals surface area (Å²) in [5.41, 5.74) is 7.89. The van der Waals surface area contributed by atoms with E-state index in [1.54, 1.807) is 0 Å². The maximum absolute atomic E-state index is 5.67. The molecule has 0 aliphatic carbocycles. The largest absolute Gasteiger partial charge is 0.399 e. The van der Waals surface area contributed by atoms with Gasteiger partial charge in [0.15, 0.2) is 0 Å². The Kier molecular flexibility index (Phi) is 4.40. The molecule has 1 saturated heterocycles. The fourth-order valence-corrected chi connectivity index (χ4v) is 2.26. The number of hydrogen-bond acceptors (Lipinski definition) is 3. The van der Waals surface area contributed by atoms with Gasteiger partial charge in [-0.25, -0.2) is 0 Å². The van der Waals surface area contributed by atoms with Crippen LogP contribution in [0.2, 0.25) is 0 Å². The van der Waals surface area contributed by atoms with E-state index in [0.29, 0.717) is 6.04 Å². The molecule has 0 amide bonds. The zero-order valence-corrected chi connectivity index (χ0v) is 10.6. The number of rotatable bonds is 4. The summed E-state index contributed by atoms with van der Waals surface area (Å²) in [5, 5.41) is 0. The lowest BCUT2D eigenvalue weighted by Gasteiger charge is -2.33. The molecule has 1 aromatic rings. The van der Waals surface area contributed by atoms with Gasteiger partial charge >= 0.3 is 0 Å². The van der Waals surface area contributed by atoms with Gasteiger partial charge in [0.25, 0.3) is 0 Å². The molecule has 94 valence electrons. The molecule has 3 nitrogen and oxygen atoms in total. The molecule has 17 heavy (non-hydrogen) atoms. The Bertz CT molecular complexity index is 337. The summed E-state index contributed by atoms with van der Waals surface area (Å²) >= 11 is 0. The first-order valence-electron chi connectivity index (χ1n) is 6.42. The van der Waals surface area contributed by atoms with Crippen LogP contribution >= 0.6 is 0 Å². The van der Waals surface area contributed by atoms with Crippen LogP contribution in [0.3, 0.4) is 0 Å². The van der Waals surface area contributed by atoms with Crippen molar-refractivity contribution in [1.29, 1.82) is 0 Å². The van der Waals surface area contributed by atoms with Crippen LogP contribution in [0.1, 0.15) is 18.9 Å². The second-order valence-electron chi connectivity index (χ2n) is 4.81. The highest BCUT2D eigenvalue weighted by Crippen LogP contribution is 2.10. The van der Waals surface area contributed by atoms with E-state index >= 15 is 0 Å². The van der Waals surface area contributed by atoms with Crippen molar-refractivity contribution in [3.63, 3.8) is 0 Å². The Morgan fingerprint density at radius 1 is 1.35 bits per heavy atom. The quantitative estimate of drug-likeness (QED) is 0.809. The monoisotopic (exact) mass is 234 g/mol. The summed E-state index contributed by atoms with van der Waals surface area (Å²) in [6.45, 7) is 6.23. The predicted molar refractivity (Wildman–Crippen MR) is 71.0 cm³/mol. The van der Waals surface area contributed by atoms with Gasteiger partial charge in [-0.15, -0.1) is 0 Å². The minimum absolute atomic E-state index is 0.565. The zero-order chi connectivity index (χ0) is 12.1. The number of aryl methyl sites for hydroxylation is 1. The molecule has 0 radical (unpaired) electrons. The maximum Gasteiger partial charge on any atom is 0.0619 e. The van der Waals surface area contributed by atoms with Gasteiger partial charge in [0.05, 0.1) is 13.2 Å². The smallest absolute Gasteiger partial charge is 0.0619 e. The van der Waals surface area contributed by atoms with Gasteiger partial charge < -0.3 is 10.5 Å². The summed E-state index contributed by atoms with van der Waals surface area (Å²) in [7, 11) is 0. The number of nitrogen functional groups attached to an aromatic ring is 1. The third-order valence-corrected chi connectivity index (χ3v) is 3.40. The molecule has 0 aromatic heterocycles. The number of hydrogen-bond donors (Lipinski definition) is 1. The SMILES string of the molecule is CC1COCCN1CCCc1ccc(N)cc1. The standard InChI is InChI=1S/C14H22N2O/c1-12-11-17-10-9-16(12)8-2-3-13-4-6-14(15)7-5-13/h4-7,12H,2-3,8-11,15H2,1H3. The number of benzene rings is 1. The van der Waals surface area contributed by atoms with Crippen molar-refractivity contribution >= 4 is 5.69 Å². The molecule has 2 N–H and O–H groups in total. The molecule has 1 aliphatic heterocycles. The summed E-state index contributed by atoms with van der Waals surface area (Å²) < 4.78 is 5.43. The lowest BCUT2D eigenvalue weighted by Crippen LogP contribution is -2.44. The van der Waals surface area contributed by atoms with Gasteiger partial charge in [0.1, 0.15) is 0 Å². The van der Waals surface area contributed by atoms with E-state index in [1.807, 2.05) is 12.1 Å². The summed E-state index contributed by atoms with van der Waals surface area (Å²) in [4.78, 5) is 2.51. The van der Waals surface area contributed by atoms with E-state index in [-0.39, 0.29) is 0 Å². The molecule has 0 saturated carbocycles. The van der Waals surface area contributed by atoms with Crippen LogP contribution in [0.25, 0.3) is 0 Å². The van der Waals surface area contributed by atoms with Gasteiger partial charge in [-0.1, -0.05) is 12.1 Å². The van der Waals surface area contributed by atoms with Gasteiger partial charge in [-0.05, 0) is 44.0 Å². The average Bonchev–Trinajstić information content (AvgIpc) is 2.34. The minimum Gasteiger partial charge on any atom is -0.399 e. The second-order valence-corrected chi connectivity index (χ2v) is 4.81. The molecule has 0 bridgehead atoms.